The molecule has 0 fully saturated rings. The fourth-order valence-electron chi connectivity index (χ4n) is 2.13. The van der Waals surface area contributed by atoms with E-state index in [1.807, 2.05) is 31.2 Å². The molecule has 4 nitrogen and oxygen atoms in total. The largest absolute Gasteiger partial charge is 0.307 e. The number of aryl methyl sites for hydroxylation is 2. The summed E-state index contributed by atoms with van der Waals surface area (Å²) in [4.78, 5) is 12.3. The molecule has 2 rings (SSSR count). The zero-order chi connectivity index (χ0) is 14.7. The highest BCUT2D eigenvalue weighted by Crippen LogP contribution is 2.09. The minimum atomic E-state index is -0.269. The van der Waals surface area contributed by atoms with Gasteiger partial charge in [0, 0.05) is 5.69 Å². The Kier molecular flexibility index (Phi) is 3.68. The van der Waals surface area contributed by atoms with E-state index >= 15 is 0 Å². The molecule has 0 aliphatic heterocycles. The van der Waals surface area contributed by atoms with E-state index in [-0.39, 0.29) is 11.1 Å². The summed E-state index contributed by atoms with van der Waals surface area (Å²) in [5.74, 6) is 0. The average Bonchev–Trinajstić information content (AvgIpc) is 2.44. The van der Waals surface area contributed by atoms with Gasteiger partial charge in [-0.2, -0.15) is 10.5 Å². The van der Waals surface area contributed by atoms with Gasteiger partial charge in [0.1, 0.15) is 11.6 Å². The van der Waals surface area contributed by atoms with Gasteiger partial charge in [-0.15, -0.1) is 0 Å². The van der Waals surface area contributed by atoms with Gasteiger partial charge in [-0.25, -0.2) is 0 Å². The second-order valence-electron chi connectivity index (χ2n) is 4.66. The van der Waals surface area contributed by atoms with Crippen molar-refractivity contribution in [3.05, 3.63) is 68.6 Å². The smallest absolute Gasteiger partial charge is 0.269 e. The van der Waals surface area contributed by atoms with Gasteiger partial charge in [-0.1, -0.05) is 12.1 Å². The minimum absolute atomic E-state index is 0.184. The van der Waals surface area contributed by atoms with Gasteiger partial charge in [0.05, 0.1) is 18.2 Å². The van der Waals surface area contributed by atoms with Gasteiger partial charge in [-0.05, 0) is 43.2 Å². The first kappa shape index (κ1) is 13.6. The van der Waals surface area contributed by atoms with Crippen molar-refractivity contribution in [1.29, 1.82) is 10.5 Å². The quantitative estimate of drug-likeness (QED) is 0.834. The zero-order valence-corrected chi connectivity index (χ0v) is 11.3. The Labute approximate surface area is 117 Å². The molecule has 2 aromatic rings. The Morgan fingerprint density at radius 1 is 1.10 bits per heavy atom. The normalized spacial score (nSPS) is 9.80. The maximum absolute atomic E-state index is 12.3. The number of hydrogen-bond donors (Lipinski definition) is 0. The maximum atomic E-state index is 12.3. The second kappa shape index (κ2) is 5.42. The molecule has 98 valence electrons. The van der Waals surface area contributed by atoms with Crippen molar-refractivity contribution >= 4 is 0 Å². The van der Waals surface area contributed by atoms with Crippen LogP contribution in [0.1, 0.15) is 27.9 Å². The lowest BCUT2D eigenvalue weighted by atomic mass is 10.1. The van der Waals surface area contributed by atoms with E-state index in [1.165, 1.54) is 0 Å². The van der Waals surface area contributed by atoms with Crippen molar-refractivity contribution < 1.29 is 0 Å². The standard InChI is InChI=1S/C16H13N3O/c1-11-7-12(2)19(16(20)15(11)9-18)10-14-5-3-13(8-17)4-6-14/h3-7H,10H2,1-2H3. The highest BCUT2D eigenvalue weighted by molar-refractivity contribution is 5.37. The van der Waals surface area contributed by atoms with Crippen LogP contribution in [-0.4, -0.2) is 4.57 Å². The van der Waals surface area contributed by atoms with Crippen molar-refractivity contribution in [2.24, 2.45) is 0 Å². The van der Waals surface area contributed by atoms with Crippen molar-refractivity contribution in [3.63, 3.8) is 0 Å². The van der Waals surface area contributed by atoms with Crippen LogP contribution in [0.4, 0.5) is 0 Å². The first-order chi connectivity index (χ1) is 9.56. The second-order valence-corrected chi connectivity index (χ2v) is 4.66. The molecule has 0 spiro atoms. The van der Waals surface area contributed by atoms with Gasteiger partial charge in [0.15, 0.2) is 0 Å². The molecule has 1 heterocycles. The zero-order valence-electron chi connectivity index (χ0n) is 11.3. The van der Waals surface area contributed by atoms with Gasteiger partial charge >= 0.3 is 0 Å². The first-order valence-corrected chi connectivity index (χ1v) is 6.17. The molecule has 0 bridgehead atoms. The van der Waals surface area contributed by atoms with Crippen LogP contribution in [0, 0.1) is 36.5 Å². The molecule has 0 radical (unpaired) electrons. The minimum Gasteiger partial charge on any atom is -0.307 e. The number of hydrogen-bond acceptors (Lipinski definition) is 3. The summed E-state index contributed by atoms with van der Waals surface area (Å²) < 4.78 is 1.58. The van der Waals surface area contributed by atoms with Crippen molar-refractivity contribution in [2.75, 3.05) is 0 Å². The van der Waals surface area contributed by atoms with Crippen LogP contribution in [-0.2, 0) is 6.54 Å². The first-order valence-electron chi connectivity index (χ1n) is 6.17. The SMILES string of the molecule is Cc1cc(C)n(Cc2ccc(C#N)cc2)c(=O)c1C#N. The topological polar surface area (TPSA) is 69.6 Å². The molecule has 0 saturated carbocycles. The third-order valence-electron chi connectivity index (χ3n) is 3.24. The lowest BCUT2D eigenvalue weighted by Crippen LogP contribution is -2.26. The molecular weight excluding hydrogens is 250 g/mol. The molecule has 0 aliphatic rings. The molecule has 0 saturated heterocycles. The molecule has 0 amide bonds. The Morgan fingerprint density at radius 2 is 1.75 bits per heavy atom. The monoisotopic (exact) mass is 263 g/mol. The van der Waals surface area contributed by atoms with E-state index in [4.69, 9.17) is 10.5 Å². The van der Waals surface area contributed by atoms with Crippen molar-refractivity contribution in [3.8, 4) is 12.1 Å². The number of benzene rings is 1. The summed E-state index contributed by atoms with van der Waals surface area (Å²) in [6.07, 6.45) is 0. The summed E-state index contributed by atoms with van der Waals surface area (Å²) in [5, 5.41) is 17.8. The van der Waals surface area contributed by atoms with Crippen LogP contribution in [0.2, 0.25) is 0 Å². The molecule has 0 atom stereocenters. The van der Waals surface area contributed by atoms with Crippen LogP contribution >= 0.6 is 0 Å². The molecule has 20 heavy (non-hydrogen) atoms. The van der Waals surface area contributed by atoms with E-state index in [9.17, 15) is 4.79 Å². The van der Waals surface area contributed by atoms with Gasteiger partial charge in [0.25, 0.3) is 5.56 Å². The maximum Gasteiger partial charge on any atom is 0.269 e. The Morgan fingerprint density at radius 3 is 2.30 bits per heavy atom. The summed E-state index contributed by atoms with van der Waals surface area (Å²) >= 11 is 0. The van der Waals surface area contributed by atoms with Crippen LogP contribution in [0.15, 0.2) is 35.1 Å². The van der Waals surface area contributed by atoms with Crippen molar-refractivity contribution in [1.82, 2.24) is 4.57 Å². The Bertz CT molecular complexity index is 787. The van der Waals surface area contributed by atoms with Crippen LogP contribution < -0.4 is 5.56 Å². The van der Waals surface area contributed by atoms with E-state index in [0.29, 0.717) is 17.7 Å². The van der Waals surface area contributed by atoms with Crippen molar-refractivity contribution in [2.45, 2.75) is 20.4 Å². The lowest BCUT2D eigenvalue weighted by Gasteiger charge is -2.12. The number of nitrogens with zero attached hydrogens (tertiary/aromatic N) is 3. The number of pyridine rings is 1. The molecular formula is C16H13N3O. The molecule has 1 aromatic carbocycles. The molecule has 4 heteroatoms. The Hall–Kier alpha value is -2.85. The number of rotatable bonds is 2. The van der Waals surface area contributed by atoms with Gasteiger partial charge in [-0.3, -0.25) is 4.79 Å². The lowest BCUT2D eigenvalue weighted by molar-refractivity contribution is 0.724. The van der Waals surface area contributed by atoms with E-state index in [0.717, 1.165) is 11.3 Å². The van der Waals surface area contributed by atoms with Gasteiger partial charge in [0.2, 0.25) is 0 Å². The van der Waals surface area contributed by atoms with Crippen LogP contribution in [0.25, 0.3) is 0 Å². The van der Waals surface area contributed by atoms with Gasteiger partial charge < -0.3 is 4.57 Å². The molecule has 0 unspecified atom stereocenters. The predicted molar refractivity (Wildman–Crippen MR) is 75.2 cm³/mol. The van der Waals surface area contributed by atoms with E-state index in [1.54, 1.807) is 23.6 Å². The summed E-state index contributed by atoms with van der Waals surface area (Å²) in [6, 6.07) is 12.9. The molecule has 0 aliphatic carbocycles. The third-order valence-corrected chi connectivity index (χ3v) is 3.24. The van der Waals surface area contributed by atoms with E-state index in [2.05, 4.69) is 6.07 Å². The molecule has 0 N–H and O–H groups in total. The highest BCUT2D eigenvalue weighted by atomic mass is 16.1. The van der Waals surface area contributed by atoms with Crippen LogP contribution in [0.3, 0.4) is 0 Å². The predicted octanol–water partition coefficient (Wildman–Crippen LogP) is 2.26. The third kappa shape index (κ3) is 2.46. The van der Waals surface area contributed by atoms with E-state index < -0.39 is 0 Å². The highest BCUT2D eigenvalue weighted by Gasteiger charge is 2.10. The summed E-state index contributed by atoms with van der Waals surface area (Å²) in [5.41, 5.74) is 2.93. The Balaban J connectivity index is 2.46. The van der Waals surface area contributed by atoms with Crippen LogP contribution in [0.5, 0.6) is 0 Å². The average molecular weight is 263 g/mol. The number of nitriles is 2. The summed E-state index contributed by atoms with van der Waals surface area (Å²) in [6.45, 7) is 4.00. The fraction of sp³-hybridized carbons (Fsp3) is 0.188. The summed E-state index contributed by atoms with van der Waals surface area (Å²) in [7, 11) is 0. The molecule has 1 aromatic heterocycles. The fourth-order valence-corrected chi connectivity index (χ4v) is 2.13. The number of aromatic nitrogens is 1.